The fourth-order valence-corrected chi connectivity index (χ4v) is 3.81. The molecule has 1 saturated heterocycles. The summed E-state index contributed by atoms with van der Waals surface area (Å²) in [5.41, 5.74) is 2.46. The van der Waals surface area contributed by atoms with Crippen LogP contribution < -0.4 is 10.2 Å². The van der Waals surface area contributed by atoms with Gasteiger partial charge in [0.1, 0.15) is 6.42 Å². The van der Waals surface area contributed by atoms with E-state index >= 15 is 0 Å². The Morgan fingerprint density at radius 3 is 2.48 bits per heavy atom. The van der Waals surface area contributed by atoms with Crippen LogP contribution in [0.4, 0.5) is 5.69 Å². The van der Waals surface area contributed by atoms with Crippen LogP contribution in [-0.2, 0) is 9.59 Å². The molecular formula is C20H29N3O2. The third-order valence-corrected chi connectivity index (χ3v) is 5.28. The Kier molecular flexibility index (Phi) is 5.95. The molecule has 136 valence electrons. The molecular weight excluding hydrogens is 314 g/mol. The standard InChI is InChI=1S/C20H29N3O2/c1-16-6-5-9-18(14-16)22-10-12-23(13-11-22)20(25)15-19(24)21-17-7-3-2-4-8-17/h5-6,9,14,17H,2-4,7-8,10-13,15H2,1H3,(H,21,24). The maximum absolute atomic E-state index is 12.4. The lowest BCUT2D eigenvalue weighted by Gasteiger charge is -2.36. The Morgan fingerprint density at radius 1 is 1.08 bits per heavy atom. The average molecular weight is 343 g/mol. The minimum Gasteiger partial charge on any atom is -0.368 e. The Morgan fingerprint density at radius 2 is 1.80 bits per heavy atom. The molecule has 0 spiro atoms. The molecule has 1 N–H and O–H groups in total. The SMILES string of the molecule is Cc1cccc(N2CCN(C(=O)CC(=O)NC3CCCCC3)CC2)c1. The minimum atomic E-state index is -0.113. The number of anilines is 1. The maximum atomic E-state index is 12.4. The van der Waals surface area contributed by atoms with E-state index in [1.165, 1.54) is 30.5 Å². The predicted molar refractivity (Wildman–Crippen MR) is 99.6 cm³/mol. The number of nitrogens with one attached hydrogen (secondary N) is 1. The topological polar surface area (TPSA) is 52.7 Å². The molecule has 1 saturated carbocycles. The summed E-state index contributed by atoms with van der Waals surface area (Å²) in [6, 6.07) is 8.72. The number of hydrogen-bond donors (Lipinski definition) is 1. The van der Waals surface area contributed by atoms with Gasteiger partial charge in [-0.1, -0.05) is 31.4 Å². The van der Waals surface area contributed by atoms with Gasteiger partial charge >= 0.3 is 0 Å². The normalized spacial score (nSPS) is 18.9. The van der Waals surface area contributed by atoms with E-state index in [1.807, 2.05) is 4.90 Å². The summed E-state index contributed by atoms with van der Waals surface area (Å²) in [6.07, 6.45) is 5.71. The van der Waals surface area contributed by atoms with Gasteiger partial charge < -0.3 is 15.1 Å². The van der Waals surface area contributed by atoms with Gasteiger partial charge in [-0.05, 0) is 37.5 Å². The van der Waals surface area contributed by atoms with E-state index in [0.717, 1.165) is 25.9 Å². The van der Waals surface area contributed by atoms with Crippen LogP contribution in [-0.4, -0.2) is 48.9 Å². The van der Waals surface area contributed by atoms with E-state index in [9.17, 15) is 9.59 Å². The summed E-state index contributed by atoms with van der Waals surface area (Å²) in [4.78, 5) is 28.6. The van der Waals surface area contributed by atoms with Crippen LogP contribution in [0.1, 0.15) is 44.1 Å². The highest BCUT2D eigenvalue weighted by molar-refractivity contribution is 5.97. The lowest BCUT2D eigenvalue weighted by molar-refractivity contribution is -0.136. The lowest BCUT2D eigenvalue weighted by Crippen LogP contribution is -2.50. The van der Waals surface area contributed by atoms with E-state index in [-0.39, 0.29) is 24.3 Å². The van der Waals surface area contributed by atoms with Crippen molar-refractivity contribution < 1.29 is 9.59 Å². The number of carbonyl (C=O) groups excluding carboxylic acids is 2. The minimum absolute atomic E-state index is 0.0130. The van der Waals surface area contributed by atoms with Crippen molar-refractivity contribution in [2.45, 2.75) is 51.5 Å². The van der Waals surface area contributed by atoms with Gasteiger partial charge in [0.25, 0.3) is 0 Å². The van der Waals surface area contributed by atoms with Crippen LogP contribution in [0.5, 0.6) is 0 Å². The van der Waals surface area contributed by atoms with Gasteiger partial charge in [-0.15, -0.1) is 0 Å². The molecule has 0 radical (unpaired) electrons. The number of hydrogen-bond acceptors (Lipinski definition) is 3. The number of carbonyl (C=O) groups is 2. The van der Waals surface area contributed by atoms with E-state index in [4.69, 9.17) is 0 Å². The quantitative estimate of drug-likeness (QED) is 0.855. The molecule has 2 aliphatic rings. The molecule has 3 rings (SSSR count). The first kappa shape index (κ1) is 17.8. The fraction of sp³-hybridized carbons (Fsp3) is 0.600. The maximum Gasteiger partial charge on any atom is 0.232 e. The third kappa shape index (κ3) is 4.97. The van der Waals surface area contributed by atoms with Crippen molar-refractivity contribution in [3.05, 3.63) is 29.8 Å². The van der Waals surface area contributed by atoms with E-state index in [2.05, 4.69) is 41.4 Å². The van der Waals surface area contributed by atoms with E-state index in [0.29, 0.717) is 13.1 Å². The van der Waals surface area contributed by atoms with Crippen molar-refractivity contribution in [3.63, 3.8) is 0 Å². The molecule has 0 bridgehead atoms. The molecule has 25 heavy (non-hydrogen) atoms. The second-order valence-corrected chi connectivity index (χ2v) is 7.29. The largest absolute Gasteiger partial charge is 0.368 e. The van der Waals surface area contributed by atoms with Gasteiger partial charge in [0.05, 0.1) is 0 Å². The van der Waals surface area contributed by atoms with Crippen LogP contribution in [0.15, 0.2) is 24.3 Å². The van der Waals surface area contributed by atoms with E-state index in [1.54, 1.807) is 0 Å². The van der Waals surface area contributed by atoms with Crippen molar-refractivity contribution in [1.29, 1.82) is 0 Å². The molecule has 1 aliphatic heterocycles. The Balaban J connectivity index is 1.44. The van der Waals surface area contributed by atoms with Crippen molar-refractivity contribution >= 4 is 17.5 Å². The van der Waals surface area contributed by atoms with E-state index < -0.39 is 0 Å². The molecule has 5 heteroatoms. The molecule has 1 aromatic rings. The second kappa shape index (κ2) is 8.37. The summed E-state index contributed by atoms with van der Waals surface area (Å²) in [5, 5.41) is 3.03. The molecule has 0 unspecified atom stereocenters. The van der Waals surface area contributed by atoms with Crippen molar-refractivity contribution in [3.8, 4) is 0 Å². The first-order valence-electron chi connectivity index (χ1n) is 9.50. The molecule has 0 aromatic heterocycles. The highest BCUT2D eigenvalue weighted by Gasteiger charge is 2.24. The first-order valence-corrected chi connectivity index (χ1v) is 9.50. The van der Waals surface area contributed by atoms with Crippen LogP contribution in [0.3, 0.4) is 0 Å². The number of rotatable bonds is 4. The molecule has 1 aliphatic carbocycles. The summed E-state index contributed by atoms with van der Waals surface area (Å²) in [7, 11) is 0. The molecule has 2 fully saturated rings. The average Bonchev–Trinajstić information content (AvgIpc) is 2.62. The number of benzene rings is 1. The molecule has 1 aromatic carbocycles. The summed E-state index contributed by atoms with van der Waals surface area (Å²) in [6.45, 7) is 5.10. The lowest BCUT2D eigenvalue weighted by atomic mass is 9.95. The molecule has 2 amide bonds. The number of amides is 2. The van der Waals surface area contributed by atoms with Crippen LogP contribution in [0, 0.1) is 6.92 Å². The number of aryl methyl sites for hydroxylation is 1. The summed E-state index contributed by atoms with van der Waals surface area (Å²) < 4.78 is 0. The first-order chi connectivity index (χ1) is 12.1. The fourth-order valence-electron chi connectivity index (χ4n) is 3.81. The monoisotopic (exact) mass is 343 g/mol. The highest BCUT2D eigenvalue weighted by atomic mass is 16.2. The van der Waals surface area contributed by atoms with Gasteiger partial charge in [0, 0.05) is 37.9 Å². The highest BCUT2D eigenvalue weighted by Crippen LogP contribution is 2.19. The Labute approximate surface area is 150 Å². The Hall–Kier alpha value is -2.04. The van der Waals surface area contributed by atoms with Gasteiger partial charge in [-0.2, -0.15) is 0 Å². The van der Waals surface area contributed by atoms with Crippen molar-refractivity contribution in [2.24, 2.45) is 0 Å². The number of nitrogens with zero attached hydrogens (tertiary/aromatic N) is 2. The Bertz CT molecular complexity index is 603. The summed E-state index contributed by atoms with van der Waals surface area (Å²) in [5.74, 6) is -0.157. The van der Waals surface area contributed by atoms with Crippen LogP contribution >= 0.6 is 0 Å². The predicted octanol–water partition coefficient (Wildman–Crippen LogP) is 2.48. The zero-order valence-electron chi connectivity index (χ0n) is 15.2. The van der Waals surface area contributed by atoms with Gasteiger partial charge in [-0.3, -0.25) is 9.59 Å². The van der Waals surface area contributed by atoms with Gasteiger partial charge in [0.2, 0.25) is 11.8 Å². The molecule has 0 atom stereocenters. The van der Waals surface area contributed by atoms with Crippen LogP contribution in [0.25, 0.3) is 0 Å². The summed E-state index contributed by atoms with van der Waals surface area (Å²) >= 11 is 0. The second-order valence-electron chi connectivity index (χ2n) is 7.29. The van der Waals surface area contributed by atoms with Crippen LogP contribution in [0.2, 0.25) is 0 Å². The zero-order chi connectivity index (χ0) is 17.6. The zero-order valence-corrected chi connectivity index (χ0v) is 15.2. The smallest absolute Gasteiger partial charge is 0.232 e. The third-order valence-electron chi connectivity index (χ3n) is 5.28. The van der Waals surface area contributed by atoms with Gasteiger partial charge in [-0.25, -0.2) is 0 Å². The number of piperazine rings is 1. The van der Waals surface area contributed by atoms with Crippen molar-refractivity contribution in [1.82, 2.24) is 10.2 Å². The van der Waals surface area contributed by atoms with Crippen molar-refractivity contribution in [2.75, 3.05) is 31.1 Å². The molecule has 1 heterocycles. The van der Waals surface area contributed by atoms with Gasteiger partial charge in [0.15, 0.2) is 0 Å². The molecule has 5 nitrogen and oxygen atoms in total.